The first-order valence-electron chi connectivity index (χ1n) is 7.02. The Hall–Kier alpha value is -3.21. The van der Waals surface area contributed by atoms with Crippen LogP contribution >= 0.6 is 0 Å². The van der Waals surface area contributed by atoms with Crippen LogP contribution in [0.4, 0.5) is 5.69 Å². The van der Waals surface area contributed by atoms with E-state index in [1.165, 1.54) is 7.11 Å². The molecule has 0 spiro atoms. The minimum Gasteiger partial charge on any atom is -0.465 e. The molecule has 0 radical (unpaired) electrons. The third-order valence-corrected chi connectivity index (χ3v) is 3.43. The Morgan fingerprint density at radius 1 is 1.04 bits per heavy atom. The van der Waals surface area contributed by atoms with Gasteiger partial charge in [0.25, 0.3) is 5.91 Å². The molecule has 1 N–H and O–H groups in total. The van der Waals surface area contributed by atoms with Gasteiger partial charge in [0.05, 0.1) is 12.7 Å². The van der Waals surface area contributed by atoms with Gasteiger partial charge in [0, 0.05) is 17.3 Å². The van der Waals surface area contributed by atoms with Gasteiger partial charge < -0.3 is 10.1 Å². The Morgan fingerprint density at radius 2 is 1.87 bits per heavy atom. The smallest absolute Gasteiger partial charge is 0.337 e. The third-order valence-electron chi connectivity index (χ3n) is 3.43. The normalized spacial score (nSPS) is 10.3. The van der Waals surface area contributed by atoms with Crippen LogP contribution < -0.4 is 5.32 Å². The van der Waals surface area contributed by atoms with E-state index in [-0.39, 0.29) is 5.91 Å². The van der Waals surface area contributed by atoms with Crippen LogP contribution in [0.5, 0.6) is 0 Å². The number of hydrogen-bond acceptors (Lipinski definition) is 4. The van der Waals surface area contributed by atoms with Gasteiger partial charge in [-0.2, -0.15) is 0 Å². The number of nitrogens with one attached hydrogen (secondary N) is 1. The number of nitrogens with zero attached hydrogens (tertiary/aromatic N) is 1. The van der Waals surface area contributed by atoms with Crippen molar-refractivity contribution in [1.29, 1.82) is 0 Å². The van der Waals surface area contributed by atoms with E-state index in [0.717, 1.165) is 10.8 Å². The van der Waals surface area contributed by atoms with Crippen molar-refractivity contribution < 1.29 is 14.3 Å². The lowest BCUT2D eigenvalue weighted by atomic mass is 10.1. The van der Waals surface area contributed by atoms with Gasteiger partial charge in [0.1, 0.15) is 5.69 Å². The summed E-state index contributed by atoms with van der Waals surface area (Å²) in [5, 5.41) is 4.48. The number of amides is 1. The zero-order valence-corrected chi connectivity index (χ0v) is 12.4. The summed E-state index contributed by atoms with van der Waals surface area (Å²) in [7, 11) is 1.31. The molecular formula is C18H14N2O3. The number of pyridine rings is 1. The fourth-order valence-corrected chi connectivity index (χ4v) is 2.33. The van der Waals surface area contributed by atoms with Gasteiger partial charge in [-0.05, 0) is 29.7 Å². The van der Waals surface area contributed by atoms with E-state index in [2.05, 4.69) is 15.0 Å². The second kappa shape index (κ2) is 6.27. The summed E-state index contributed by atoms with van der Waals surface area (Å²) in [6.07, 6.45) is 1.60. The summed E-state index contributed by atoms with van der Waals surface area (Å²) in [5.41, 5.74) is 1.22. The van der Waals surface area contributed by atoms with Crippen LogP contribution in [0.1, 0.15) is 20.8 Å². The first-order valence-corrected chi connectivity index (χ1v) is 7.02. The van der Waals surface area contributed by atoms with E-state index in [4.69, 9.17) is 0 Å². The van der Waals surface area contributed by atoms with Gasteiger partial charge in [0.2, 0.25) is 0 Å². The summed E-state index contributed by atoms with van der Waals surface area (Å²) in [6.45, 7) is 0. The molecule has 0 aliphatic carbocycles. The maximum atomic E-state index is 12.5. The molecule has 0 atom stereocenters. The predicted molar refractivity (Wildman–Crippen MR) is 87.5 cm³/mol. The van der Waals surface area contributed by atoms with Crippen LogP contribution in [0.2, 0.25) is 0 Å². The standard InChI is InChI=1S/C18H14N2O3/c1-23-18(22)13-6-4-7-14(11-13)20-17(21)16-15-8-3-2-5-12(15)9-10-19-16/h2-11H,1H3,(H,20,21). The lowest BCUT2D eigenvalue weighted by Crippen LogP contribution is -2.14. The van der Waals surface area contributed by atoms with E-state index >= 15 is 0 Å². The topological polar surface area (TPSA) is 68.3 Å². The molecule has 0 saturated carbocycles. The monoisotopic (exact) mass is 306 g/mol. The van der Waals surface area contributed by atoms with Crippen molar-refractivity contribution in [2.24, 2.45) is 0 Å². The Labute approximate surface area is 132 Å². The molecule has 0 unspecified atom stereocenters. The maximum absolute atomic E-state index is 12.5. The highest BCUT2D eigenvalue weighted by Crippen LogP contribution is 2.18. The highest BCUT2D eigenvalue weighted by atomic mass is 16.5. The molecule has 0 saturated heterocycles. The Balaban J connectivity index is 1.91. The van der Waals surface area contributed by atoms with Gasteiger partial charge in [-0.1, -0.05) is 30.3 Å². The minimum atomic E-state index is -0.454. The summed E-state index contributed by atoms with van der Waals surface area (Å²) in [5.74, 6) is -0.784. The molecule has 3 aromatic rings. The fourth-order valence-electron chi connectivity index (χ4n) is 2.33. The van der Waals surface area contributed by atoms with E-state index in [1.807, 2.05) is 30.3 Å². The lowest BCUT2D eigenvalue weighted by Gasteiger charge is -2.08. The molecule has 5 nitrogen and oxygen atoms in total. The number of ether oxygens (including phenoxy) is 1. The zero-order chi connectivity index (χ0) is 16.2. The highest BCUT2D eigenvalue weighted by molar-refractivity contribution is 6.11. The quantitative estimate of drug-likeness (QED) is 0.754. The minimum absolute atomic E-state index is 0.330. The summed E-state index contributed by atoms with van der Waals surface area (Å²) in [4.78, 5) is 28.2. The number of hydrogen-bond donors (Lipinski definition) is 1. The number of carbonyl (C=O) groups excluding carboxylic acids is 2. The number of aromatic nitrogens is 1. The second-order valence-corrected chi connectivity index (χ2v) is 4.91. The Bertz CT molecular complexity index is 885. The van der Waals surface area contributed by atoms with Gasteiger partial charge in [-0.3, -0.25) is 9.78 Å². The van der Waals surface area contributed by atoms with Crippen molar-refractivity contribution in [3.63, 3.8) is 0 Å². The predicted octanol–water partition coefficient (Wildman–Crippen LogP) is 3.27. The molecular weight excluding hydrogens is 292 g/mol. The maximum Gasteiger partial charge on any atom is 0.337 e. The van der Waals surface area contributed by atoms with E-state index in [9.17, 15) is 9.59 Å². The first kappa shape index (κ1) is 14.7. The molecule has 0 bridgehead atoms. The van der Waals surface area contributed by atoms with Crippen molar-refractivity contribution in [3.05, 3.63) is 72.1 Å². The van der Waals surface area contributed by atoms with E-state index in [1.54, 1.807) is 30.5 Å². The van der Waals surface area contributed by atoms with Crippen molar-refractivity contribution >= 4 is 28.3 Å². The van der Waals surface area contributed by atoms with Crippen molar-refractivity contribution in [2.75, 3.05) is 12.4 Å². The van der Waals surface area contributed by atoms with Crippen molar-refractivity contribution in [1.82, 2.24) is 4.98 Å². The van der Waals surface area contributed by atoms with Crippen LogP contribution in [0.3, 0.4) is 0 Å². The molecule has 2 aromatic carbocycles. The molecule has 23 heavy (non-hydrogen) atoms. The largest absolute Gasteiger partial charge is 0.465 e. The number of fused-ring (bicyclic) bond motifs is 1. The van der Waals surface area contributed by atoms with Gasteiger partial charge in [-0.15, -0.1) is 0 Å². The number of benzene rings is 2. The zero-order valence-electron chi connectivity index (χ0n) is 12.4. The van der Waals surface area contributed by atoms with Crippen LogP contribution in [-0.4, -0.2) is 24.0 Å². The summed E-state index contributed by atoms with van der Waals surface area (Å²) >= 11 is 0. The average molecular weight is 306 g/mol. The molecule has 1 heterocycles. The number of methoxy groups -OCH3 is 1. The van der Waals surface area contributed by atoms with Crippen LogP contribution in [0.15, 0.2) is 60.8 Å². The number of anilines is 1. The molecule has 114 valence electrons. The molecule has 3 rings (SSSR count). The van der Waals surface area contributed by atoms with E-state index < -0.39 is 5.97 Å². The van der Waals surface area contributed by atoms with Gasteiger partial charge in [0.15, 0.2) is 0 Å². The number of rotatable bonds is 3. The second-order valence-electron chi connectivity index (χ2n) is 4.91. The van der Waals surface area contributed by atoms with Crippen molar-refractivity contribution in [3.8, 4) is 0 Å². The highest BCUT2D eigenvalue weighted by Gasteiger charge is 2.13. The van der Waals surface area contributed by atoms with E-state index in [0.29, 0.717) is 16.9 Å². The van der Waals surface area contributed by atoms with Crippen molar-refractivity contribution in [2.45, 2.75) is 0 Å². The summed E-state index contributed by atoms with van der Waals surface area (Å²) < 4.78 is 4.67. The van der Waals surface area contributed by atoms with Gasteiger partial charge >= 0.3 is 5.97 Å². The summed E-state index contributed by atoms with van der Waals surface area (Å²) in [6, 6.07) is 16.0. The first-order chi connectivity index (χ1) is 11.2. The third kappa shape index (κ3) is 3.03. The Morgan fingerprint density at radius 3 is 2.70 bits per heavy atom. The van der Waals surface area contributed by atoms with Crippen LogP contribution in [0, 0.1) is 0 Å². The molecule has 5 heteroatoms. The fraction of sp³-hybridized carbons (Fsp3) is 0.0556. The Kier molecular flexibility index (Phi) is 4.01. The molecule has 0 fully saturated rings. The lowest BCUT2D eigenvalue weighted by molar-refractivity contribution is 0.0600. The molecule has 0 aliphatic rings. The van der Waals surface area contributed by atoms with Gasteiger partial charge in [-0.25, -0.2) is 4.79 Å². The van der Waals surface area contributed by atoms with Crippen LogP contribution in [0.25, 0.3) is 10.8 Å². The molecule has 0 aliphatic heterocycles. The number of carbonyl (C=O) groups is 2. The number of esters is 1. The average Bonchev–Trinajstić information content (AvgIpc) is 2.60. The molecule has 1 amide bonds. The SMILES string of the molecule is COC(=O)c1cccc(NC(=O)c2nccc3ccccc23)c1. The molecule has 1 aromatic heterocycles. The van der Waals surface area contributed by atoms with Crippen LogP contribution in [-0.2, 0) is 4.74 Å².